The third kappa shape index (κ3) is 2.82. The van der Waals surface area contributed by atoms with Crippen molar-refractivity contribution in [2.24, 2.45) is 5.92 Å². The van der Waals surface area contributed by atoms with E-state index in [2.05, 4.69) is 4.84 Å². The molecule has 6 nitrogen and oxygen atoms in total. The molecule has 0 aliphatic carbocycles. The molecule has 1 heterocycles. The number of rotatable bonds is 2. The molecular weight excluding hydrogens is 238 g/mol. The number of hydroxylamine groups is 2. The maximum absolute atomic E-state index is 13.6. The van der Waals surface area contributed by atoms with Gasteiger partial charge in [-0.3, -0.25) is 9.63 Å². The summed E-state index contributed by atoms with van der Waals surface area (Å²) in [5.41, 5.74) is 0. The van der Waals surface area contributed by atoms with Gasteiger partial charge in [0.15, 0.2) is 0 Å². The number of carbonyl (C=O) groups is 2. The van der Waals surface area contributed by atoms with Gasteiger partial charge < -0.3 is 10.0 Å². The van der Waals surface area contributed by atoms with E-state index in [-0.39, 0.29) is 13.0 Å². The average molecular weight is 252 g/mol. The molecule has 0 bridgehead atoms. The minimum Gasteiger partial charge on any atom is -0.465 e. The molecule has 1 aliphatic rings. The summed E-state index contributed by atoms with van der Waals surface area (Å²) in [4.78, 5) is 27.3. The molecule has 1 fully saturated rings. The maximum Gasteiger partial charge on any atom is 0.407 e. The molecule has 98 valence electrons. The van der Waals surface area contributed by atoms with Gasteiger partial charge in [0.25, 0.3) is 11.8 Å². The lowest BCUT2D eigenvalue weighted by atomic mass is 9.92. The molecule has 1 saturated heterocycles. The SMILES string of the molecule is CON(C)C(=O)[C@@H]1CCN(C(=O)O)CC1(F)F. The van der Waals surface area contributed by atoms with Crippen molar-refractivity contribution in [3.8, 4) is 0 Å². The molecule has 0 radical (unpaired) electrons. The van der Waals surface area contributed by atoms with Crippen molar-refractivity contribution in [1.82, 2.24) is 9.96 Å². The number of nitrogens with zero attached hydrogens (tertiary/aromatic N) is 2. The molecular formula is C9H14F2N2O4. The number of amides is 2. The van der Waals surface area contributed by atoms with Crippen LogP contribution in [0.15, 0.2) is 0 Å². The number of hydrogen-bond donors (Lipinski definition) is 1. The van der Waals surface area contributed by atoms with Crippen LogP contribution in [0.2, 0.25) is 0 Å². The Kier molecular flexibility index (Phi) is 3.87. The molecule has 0 aromatic heterocycles. The molecule has 1 aliphatic heterocycles. The average Bonchev–Trinajstić information content (AvgIpc) is 2.25. The van der Waals surface area contributed by atoms with E-state index in [1.165, 1.54) is 14.2 Å². The van der Waals surface area contributed by atoms with Crippen molar-refractivity contribution in [2.45, 2.75) is 12.3 Å². The number of likely N-dealkylation sites (tertiary alicyclic amines) is 1. The summed E-state index contributed by atoms with van der Waals surface area (Å²) in [5, 5.41) is 9.35. The largest absolute Gasteiger partial charge is 0.465 e. The molecule has 2 amide bonds. The van der Waals surface area contributed by atoms with Crippen LogP contribution in [0.4, 0.5) is 13.6 Å². The standard InChI is InChI=1S/C9H14F2N2O4/c1-12(17-2)7(14)6-3-4-13(8(15)16)5-9(6,10)11/h6H,3-5H2,1-2H3,(H,15,16)/t6-/m0/s1. The number of piperidine rings is 1. The normalized spacial score (nSPS) is 23.3. The highest BCUT2D eigenvalue weighted by molar-refractivity contribution is 5.79. The second-order valence-corrected chi connectivity index (χ2v) is 3.82. The lowest BCUT2D eigenvalue weighted by Crippen LogP contribution is -2.54. The summed E-state index contributed by atoms with van der Waals surface area (Å²) in [6, 6.07) is 0. The molecule has 8 heteroatoms. The summed E-state index contributed by atoms with van der Waals surface area (Å²) in [5.74, 6) is -5.76. The highest BCUT2D eigenvalue weighted by Crippen LogP contribution is 2.34. The Bertz CT molecular complexity index is 324. The maximum atomic E-state index is 13.6. The van der Waals surface area contributed by atoms with E-state index in [1.807, 2.05) is 0 Å². The first-order valence-corrected chi connectivity index (χ1v) is 4.97. The molecule has 1 rings (SSSR count). The fraction of sp³-hybridized carbons (Fsp3) is 0.778. The van der Waals surface area contributed by atoms with E-state index in [1.54, 1.807) is 0 Å². The zero-order chi connectivity index (χ0) is 13.2. The van der Waals surface area contributed by atoms with Gasteiger partial charge in [-0.25, -0.2) is 18.6 Å². The van der Waals surface area contributed by atoms with Gasteiger partial charge in [-0.15, -0.1) is 0 Å². The van der Waals surface area contributed by atoms with Crippen LogP contribution in [0.25, 0.3) is 0 Å². The second kappa shape index (κ2) is 4.82. The van der Waals surface area contributed by atoms with Gasteiger partial charge in [0.05, 0.1) is 13.7 Å². The third-order valence-electron chi connectivity index (χ3n) is 2.75. The van der Waals surface area contributed by atoms with Crippen molar-refractivity contribution in [3.63, 3.8) is 0 Å². The molecule has 0 spiro atoms. The van der Waals surface area contributed by atoms with Crippen molar-refractivity contribution >= 4 is 12.0 Å². The fourth-order valence-electron chi connectivity index (χ4n) is 1.72. The number of halogens is 2. The van der Waals surface area contributed by atoms with E-state index in [0.717, 1.165) is 5.06 Å². The van der Waals surface area contributed by atoms with Gasteiger partial charge in [0.1, 0.15) is 5.92 Å². The summed E-state index contributed by atoms with van der Waals surface area (Å²) in [6.45, 7) is -1.05. The number of carbonyl (C=O) groups excluding carboxylic acids is 1. The zero-order valence-corrected chi connectivity index (χ0v) is 9.52. The molecule has 0 aromatic rings. The Balaban J connectivity index is 2.77. The molecule has 1 atom stereocenters. The van der Waals surface area contributed by atoms with E-state index in [9.17, 15) is 18.4 Å². The minimum atomic E-state index is -3.37. The number of alkyl halides is 2. The molecule has 1 N–H and O–H groups in total. The van der Waals surface area contributed by atoms with Crippen LogP contribution in [0, 0.1) is 5.92 Å². The summed E-state index contributed by atoms with van der Waals surface area (Å²) in [7, 11) is 2.43. The van der Waals surface area contributed by atoms with Crippen molar-refractivity contribution in [3.05, 3.63) is 0 Å². The van der Waals surface area contributed by atoms with E-state index < -0.39 is 30.4 Å². The molecule has 0 aromatic carbocycles. The van der Waals surface area contributed by atoms with Crippen LogP contribution < -0.4 is 0 Å². The van der Waals surface area contributed by atoms with Crippen LogP contribution in [-0.4, -0.2) is 60.2 Å². The Morgan fingerprint density at radius 1 is 1.53 bits per heavy atom. The van der Waals surface area contributed by atoms with Crippen molar-refractivity contribution in [2.75, 3.05) is 27.2 Å². The lowest BCUT2D eigenvalue weighted by Gasteiger charge is -2.37. The van der Waals surface area contributed by atoms with Gasteiger partial charge in [-0.1, -0.05) is 0 Å². The molecule has 0 unspecified atom stereocenters. The van der Waals surface area contributed by atoms with E-state index in [4.69, 9.17) is 5.11 Å². The Hall–Kier alpha value is -1.44. The highest BCUT2D eigenvalue weighted by atomic mass is 19.3. The summed E-state index contributed by atoms with van der Waals surface area (Å²) in [6.07, 6.45) is -1.62. The topological polar surface area (TPSA) is 70.1 Å². The van der Waals surface area contributed by atoms with E-state index in [0.29, 0.717) is 4.90 Å². The molecule has 0 saturated carbocycles. The number of hydrogen-bond acceptors (Lipinski definition) is 3. The Morgan fingerprint density at radius 2 is 2.12 bits per heavy atom. The monoisotopic (exact) mass is 252 g/mol. The van der Waals surface area contributed by atoms with Gasteiger partial charge in [0, 0.05) is 13.6 Å². The van der Waals surface area contributed by atoms with Crippen LogP contribution in [0.5, 0.6) is 0 Å². The van der Waals surface area contributed by atoms with Gasteiger partial charge in [0.2, 0.25) is 0 Å². The predicted molar refractivity (Wildman–Crippen MR) is 52.4 cm³/mol. The minimum absolute atomic E-state index is 0.0844. The quantitative estimate of drug-likeness (QED) is 0.732. The van der Waals surface area contributed by atoms with Crippen LogP contribution in [0.1, 0.15) is 6.42 Å². The summed E-state index contributed by atoms with van der Waals surface area (Å²) >= 11 is 0. The first kappa shape index (κ1) is 13.6. The Labute approximate surface area is 96.7 Å². The predicted octanol–water partition coefficient (Wildman–Crippen LogP) is 0.641. The lowest BCUT2D eigenvalue weighted by molar-refractivity contribution is -0.191. The third-order valence-corrected chi connectivity index (χ3v) is 2.75. The number of carboxylic acid groups (broad SMARTS) is 1. The van der Waals surface area contributed by atoms with Crippen molar-refractivity contribution in [1.29, 1.82) is 0 Å². The van der Waals surface area contributed by atoms with Crippen LogP contribution in [0.3, 0.4) is 0 Å². The van der Waals surface area contributed by atoms with Crippen LogP contribution >= 0.6 is 0 Å². The zero-order valence-electron chi connectivity index (χ0n) is 9.52. The van der Waals surface area contributed by atoms with Crippen molar-refractivity contribution < 1.29 is 28.3 Å². The first-order valence-electron chi connectivity index (χ1n) is 4.97. The van der Waals surface area contributed by atoms with Gasteiger partial charge >= 0.3 is 6.09 Å². The fourth-order valence-corrected chi connectivity index (χ4v) is 1.72. The summed E-state index contributed by atoms with van der Waals surface area (Å²) < 4.78 is 27.2. The molecule has 17 heavy (non-hydrogen) atoms. The van der Waals surface area contributed by atoms with Gasteiger partial charge in [-0.2, -0.15) is 0 Å². The van der Waals surface area contributed by atoms with Crippen LogP contribution in [-0.2, 0) is 9.63 Å². The Morgan fingerprint density at radius 3 is 2.53 bits per heavy atom. The smallest absolute Gasteiger partial charge is 0.407 e. The first-order chi connectivity index (χ1) is 7.79. The highest BCUT2D eigenvalue weighted by Gasteiger charge is 2.50. The van der Waals surface area contributed by atoms with E-state index >= 15 is 0 Å². The second-order valence-electron chi connectivity index (χ2n) is 3.82. The van der Waals surface area contributed by atoms with Gasteiger partial charge in [-0.05, 0) is 6.42 Å².